The van der Waals surface area contributed by atoms with Crippen LogP contribution >= 0.6 is 0 Å². The molecule has 0 heterocycles. The summed E-state index contributed by atoms with van der Waals surface area (Å²) >= 11 is 0. The Hall–Kier alpha value is -2.36. The highest BCUT2D eigenvalue weighted by atomic mass is 19.1. The normalized spacial score (nSPS) is 10.1. The van der Waals surface area contributed by atoms with E-state index in [9.17, 15) is 9.18 Å². The Balaban J connectivity index is 2.37. The minimum absolute atomic E-state index is 0.0379. The third-order valence-electron chi connectivity index (χ3n) is 2.86. The van der Waals surface area contributed by atoms with E-state index in [4.69, 9.17) is 4.74 Å². The molecule has 0 atom stereocenters. The van der Waals surface area contributed by atoms with Crippen molar-refractivity contribution >= 4 is 11.6 Å². The molecule has 0 radical (unpaired) electrons. The van der Waals surface area contributed by atoms with Crippen molar-refractivity contribution in [2.45, 2.75) is 0 Å². The fourth-order valence-corrected chi connectivity index (χ4v) is 1.83. The minimum atomic E-state index is -0.533. The number of hydrogen-bond acceptors (Lipinski definition) is 2. The van der Waals surface area contributed by atoms with Crippen molar-refractivity contribution in [3.05, 3.63) is 59.9 Å². The van der Waals surface area contributed by atoms with Gasteiger partial charge in [-0.2, -0.15) is 0 Å². The lowest BCUT2D eigenvalue weighted by molar-refractivity contribution is 0.0988. The zero-order valence-electron chi connectivity index (χ0n) is 10.8. The van der Waals surface area contributed by atoms with Crippen LogP contribution in [0.2, 0.25) is 0 Å². The summed E-state index contributed by atoms with van der Waals surface area (Å²) in [4.78, 5) is 13.6. The molecule has 0 saturated heterocycles. The summed E-state index contributed by atoms with van der Waals surface area (Å²) < 4.78 is 18.8. The predicted molar refractivity (Wildman–Crippen MR) is 72.1 cm³/mol. The maximum absolute atomic E-state index is 13.6. The Morgan fingerprint density at radius 2 is 1.74 bits per heavy atom. The summed E-state index contributed by atoms with van der Waals surface area (Å²) in [6.45, 7) is 0. The van der Waals surface area contributed by atoms with Gasteiger partial charge in [0, 0.05) is 7.05 Å². The number of benzene rings is 2. The molecular weight excluding hydrogens is 245 g/mol. The minimum Gasteiger partial charge on any atom is -0.495 e. The van der Waals surface area contributed by atoms with Crippen molar-refractivity contribution in [3.63, 3.8) is 0 Å². The fourth-order valence-electron chi connectivity index (χ4n) is 1.83. The van der Waals surface area contributed by atoms with E-state index in [1.165, 1.54) is 24.1 Å². The number of nitrogens with zero attached hydrogens (tertiary/aromatic N) is 1. The standard InChI is InChI=1S/C15H14FNO2/c1-17(13-9-5-6-10-14(13)19-2)15(18)11-7-3-4-8-12(11)16/h3-10H,1-2H3. The van der Waals surface area contributed by atoms with E-state index in [-0.39, 0.29) is 5.56 Å². The molecule has 0 fully saturated rings. The van der Waals surface area contributed by atoms with Crippen LogP contribution in [0.1, 0.15) is 10.4 Å². The second-order valence-electron chi connectivity index (χ2n) is 4.02. The number of carbonyl (C=O) groups excluding carboxylic acids is 1. The fraction of sp³-hybridized carbons (Fsp3) is 0.133. The second-order valence-corrected chi connectivity index (χ2v) is 4.02. The molecule has 2 aromatic rings. The molecule has 0 aliphatic rings. The van der Waals surface area contributed by atoms with E-state index < -0.39 is 11.7 Å². The number of carbonyl (C=O) groups is 1. The molecule has 0 unspecified atom stereocenters. The van der Waals surface area contributed by atoms with Gasteiger partial charge in [-0.05, 0) is 24.3 Å². The Morgan fingerprint density at radius 1 is 1.11 bits per heavy atom. The van der Waals surface area contributed by atoms with Crippen LogP contribution in [0.25, 0.3) is 0 Å². The molecule has 19 heavy (non-hydrogen) atoms. The molecule has 98 valence electrons. The van der Waals surface area contributed by atoms with E-state index in [1.807, 2.05) is 6.07 Å². The third-order valence-corrected chi connectivity index (χ3v) is 2.86. The van der Waals surface area contributed by atoms with Crippen LogP contribution in [0, 0.1) is 5.82 Å². The van der Waals surface area contributed by atoms with Gasteiger partial charge in [0.25, 0.3) is 5.91 Å². The number of rotatable bonds is 3. The molecule has 0 N–H and O–H groups in total. The van der Waals surface area contributed by atoms with Gasteiger partial charge in [-0.15, -0.1) is 0 Å². The first-order chi connectivity index (χ1) is 9.15. The smallest absolute Gasteiger partial charge is 0.261 e. The maximum atomic E-state index is 13.6. The lowest BCUT2D eigenvalue weighted by Gasteiger charge is -2.20. The van der Waals surface area contributed by atoms with Crippen molar-refractivity contribution in [3.8, 4) is 5.75 Å². The number of para-hydroxylation sites is 2. The maximum Gasteiger partial charge on any atom is 0.261 e. The molecule has 0 bridgehead atoms. The Labute approximate surface area is 111 Å². The zero-order chi connectivity index (χ0) is 13.8. The molecule has 0 aliphatic carbocycles. The van der Waals surface area contributed by atoms with Crippen molar-refractivity contribution < 1.29 is 13.9 Å². The van der Waals surface area contributed by atoms with Gasteiger partial charge in [-0.1, -0.05) is 24.3 Å². The number of methoxy groups -OCH3 is 1. The molecular formula is C15H14FNO2. The highest BCUT2D eigenvalue weighted by Gasteiger charge is 2.19. The quantitative estimate of drug-likeness (QED) is 0.847. The Morgan fingerprint density at radius 3 is 2.42 bits per heavy atom. The molecule has 0 saturated carbocycles. The van der Waals surface area contributed by atoms with E-state index in [1.54, 1.807) is 37.4 Å². The van der Waals surface area contributed by atoms with Gasteiger partial charge in [-0.25, -0.2) is 4.39 Å². The van der Waals surface area contributed by atoms with Crippen molar-refractivity contribution in [1.82, 2.24) is 0 Å². The first kappa shape index (κ1) is 13.1. The average molecular weight is 259 g/mol. The number of ether oxygens (including phenoxy) is 1. The van der Waals surface area contributed by atoms with Crippen LogP contribution < -0.4 is 9.64 Å². The summed E-state index contributed by atoms with van der Waals surface area (Å²) in [5.41, 5.74) is 0.633. The summed E-state index contributed by atoms with van der Waals surface area (Å²) in [7, 11) is 3.12. The second kappa shape index (κ2) is 5.52. The summed E-state index contributed by atoms with van der Waals surface area (Å²) in [5.74, 6) is -0.383. The monoisotopic (exact) mass is 259 g/mol. The Kier molecular flexibility index (Phi) is 3.80. The topological polar surface area (TPSA) is 29.5 Å². The van der Waals surface area contributed by atoms with Crippen molar-refractivity contribution in [1.29, 1.82) is 0 Å². The number of halogens is 1. The lowest BCUT2D eigenvalue weighted by Crippen LogP contribution is -2.27. The summed E-state index contributed by atoms with van der Waals surface area (Å²) in [6, 6.07) is 13.0. The summed E-state index contributed by atoms with van der Waals surface area (Å²) in [6.07, 6.45) is 0. The third kappa shape index (κ3) is 2.57. The first-order valence-electron chi connectivity index (χ1n) is 5.80. The highest BCUT2D eigenvalue weighted by molar-refractivity contribution is 6.06. The molecule has 2 aromatic carbocycles. The van der Waals surface area contributed by atoms with E-state index >= 15 is 0 Å². The largest absolute Gasteiger partial charge is 0.495 e. The van der Waals surface area contributed by atoms with E-state index in [0.29, 0.717) is 11.4 Å². The molecule has 1 amide bonds. The predicted octanol–water partition coefficient (Wildman–Crippen LogP) is 3.11. The lowest BCUT2D eigenvalue weighted by atomic mass is 10.1. The van der Waals surface area contributed by atoms with E-state index in [2.05, 4.69) is 0 Å². The molecule has 0 aromatic heterocycles. The van der Waals surface area contributed by atoms with Crippen molar-refractivity contribution in [2.75, 3.05) is 19.1 Å². The van der Waals surface area contributed by atoms with Gasteiger partial charge >= 0.3 is 0 Å². The van der Waals surface area contributed by atoms with Gasteiger partial charge in [0.2, 0.25) is 0 Å². The van der Waals surface area contributed by atoms with Gasteiger partial charge in [0.05, 0.1) is 18.4 Å². The molecule has 3 nitrogen and oxygen atoms in total. The SMILES string of the molecule is COc1ccccc1N(C)C(=O)c1ccccc1F. The van der Waals surface area contributed by atoms with Crippen LogP contribution in [0.15, 0.2) is 48.5 Å². The zero-order valence-corrected chi connectivity index (χ0v) is 10.8. The molecule has 0 aliphatic heterocycles. The first-order valence-corrected chi connectivity index (χ1v) is 5.80. The van der Waals surface area contributed by atoms with Crippen LogP contribution in [-0.2, 0) is 0 Å². The van der Waals surface area contributed by atoms with Crippen molar-refractivity contribution in [2.24, 2.45) is 0 Å². The average Bonchev–Trinajstić information content (AvgIpc) is 2.46. The van der Waals surface area contributed by atoms with Gasteiger partial charge in [0.15, 0.2) is 0 Å². The molecule has 2 rings (SSSR count). The summed E-state index contributed by atoms with van der Waals surface area (Å²) in [5, 5.41) is 0. The van der Waals surface area contributed by atoms with Gasteiger partial charge in [-0.3, -0.25) is 4.79 Å². The van der Waals surface area contributed by atoms with Crippen LogP contribution in [0.3, 0.4) is 0 Å². The van der Waals surface area contributed by atoms with Gasteiger partial charge in [0.1, 0.15) is 11.6 Å². The van der Waals surface area contributed by atoms with Crippen LogP contribution in [0.5, 0.6) is 5.75 Å². The number of hydrogen-bond donors (Lipinski definition) is 0. The number of anilines is 1. The van der Waals surface area contributed by atoms with Crippen LogP contribution in [-0.4, -0.2) is 20.1 Å². The van der Waals surface area contributed by atoms with Gasteiger partial charge < -0.3 is 9.64 Å². The Bertz CT molecular complexity index is 598. The van der Waals surface area contributed by atoms with Crippen LogP contribution in [0.4, 0.5) is 10.1 Å². The number of amides is 1. The highest BCUT2D eigenvalue weighted by Crippen LogP contribution is 2.27. The molecule has 0 spiro atoms. The molecule has 4 heteroatoms. The van der Waals surface area contributed by atoms with E-state index in [0.717, 1.165) is 0 Å².